The van der Waals surface area contributed by atoms with Crippen LogP contribution in [-0.4, -0.2) is 31.4 Å². The van der Waals surface area contributed by atoms with Crippen molar-refractivity contribution in [1.29, 1.82) is 0 Å². The van der Waals surface area contributed by atoms with Gasteiger partial charge in [-0.25, -0.2) is 0 Å². The Bertz CT molecular complexity index is 232. The molecule has 0 saturated carbocycles. The minimum atomic E-state index is -0.0139. The fraction of sp³-hybridized carbons (Fsp3) is 0.818. The van der Waals surface area contributed by atoms with Crippen LogP contribution in [0.3, 0.4) is 0 Å². The van der Waals surface area contributed by atoms with E-state index in [1.54, 1.807) is 0 Å². The zero-order valence-corrected chi connectivity index (χ0v) is 9.41. The van der Waals surface area contributed by atoms with Gasteiger partial charge in [0.15, 0.2) is 5.78 Å². The van der Waals surface area contributed by atoms with E-state index in [-0.39, 0.29) is 30.1 Å². The molecular weight excluding hydrogens is 194 g/mol. The second-order valence-corrected chi connectivity index (χ2v) is 4.23. The predicted molar refractivity (Wildman–Crippen MR) is 56.4 cm³/mol. The SMILES string of the molecule is CC(C)C(=O)CNC(=O)C1CCOCC1. The van der Waals surface area contributed by atoms with Crippen LogP contribution in [0.15, 0.2) is 0 Å². The molecule has 0 aliphatic carbocycles. The first kappa shape index (κ1) is 12.2. The van der Waals surface area contributed by atoms with Gasteiger partial charge in [-0.2, -0.15) is 0 Å². The van der Waals surface area contributed by atoms with Gasteiger partial charge in [0.2, 0.25) is 5.91 Å². The molecule has 15 heavy (non-hydrogen) atoms. The van der Waals surface area contributed by atoms with Gasteiger partial charge >= 0.3 is 0 Å². The van der Waals surface area contributed by atoms with Crippen molar-refractivity contribution < 1.29 is 14.3 Å². The van der Waals surface area contributed by atoms with Crippen molar-refractivity contribution in [2.24, 2.45) is 11.8 Å². The summed E-state index contributed by atoms with van der Waals surface area (Å²) >= 11 is 0. The van der Waals surface area contributed by atoms with Crippen LogP contribution in [-0.2, 0) is 14.3 Å². The maximum atomic E-state index is 11.6. The largest absolute Gasteiger partial charge is 0.381 e. The lowest BCUT2D eigenvalue weighted by Gasteiger charge is -2.21. The normalized spacial score (nSPS) is 17.8. The van der Waals surface area contributed by atoms with Crippen LogP contribution in [0.1, 0.15) is 26.7 Å². The maximum absolute atomic E-state index is 11.6. The van der Waals surface area contributed by atoms with Crippen LogP contribution in [0.2, 0.25) is 0 Å². The lowest BCUT2D eigenvalue weighted by atomic mass is 9.99. The molecule has 0 spiro atoms. The molecule has 0 aromatic carbocycles. The van der Waals surface area contributed by atoms with Crippen LogP contribution in [0.25, 0.3) is 0 Å². The first-order chi connectivity index (χ1) is 7.11. The Balaban J connectivity index is 2.26. The molecule has 0 aromatic rings. The van der Waals surface area contributed by atoms with Crippen molar-refractivity contribution in [3.63, 3.8) is 0 Å². The highest BCUT2D eigenvalue weighted by atomic mass is 16.5. The van der Waals surface area contributed by atoms with Gasteiger partial charge in [-0.05, 0) is 12.8 Å². The Kier molecular flexibility index (Phi) is 4.75. The molecule has 0 radical (unpaired) electrons. The first-order valence-electron chi connectivity index (χ1n) is 5.49. The van der Waals surface area contributed by atoms with Gasteiger partial charge in [-0.3, -0.25) is 9.59 Å². The second-order valence-electron chi connectivity index (χ2n) is 4.23. The summed E-state index contributed by atoms with van der Waals surface area (Å²) < 4.78 is 5.17. The van der Waals surface area contributed by atoms with E-state index in [0.717, 1.165) is 12.8 Å². The van der Waals surface area contributed by atoms with E-state index in [1.165, 1.54) is 0 Å². The second kappa shape index (κ2) is 5.85. The fourth-order valence-electron chi connectivity index (χ4n) is 1.48. The van der Waals surface area contributed by atoms with Crippen molar-refractivity contribution in [2.75, 3.05) is 19.8 Å². The average Bonchev–Trinajstić information content (AvgIpc) is 2.26. The summed E-state index contributed by atoms with van der Waals surface area (Å²) in [5.74, 6) is 0.0846. The number of carbonyl (C=O) groups is 2. The molecule has 1 heterocycles. The zero-order chi connectivity index (χ0) is 11.3. The van der Waals surface area contributed by atoms with E-state index in [0.29, 0.717) is 13.2 Å². The summed E-state index contributed by atoms with van der Waals surface area (Å²) in [5, 5.41) is 2.69. The molecule has 4 heteroatoms. The highest BCUT2D eigenvalue weighted by Crippen LogP contribution is 2.14. The summed E-state index contributed by atoms with van der Waals surface area (Å²) in [6.45, 7) is 5.13. The average molecular weight is 213 g/mol. The molecule has 0 bridgehead atoms. The van der Waals surface area contributed by atoms with Gasteiger partial charge in [0, 0.05) is 25.0 Å². The Morgan fingerprint density at radius 3 is 2.47 bits per heavy atom. The third-order valence-electron chi connectivity index (χ3n) is 2.67. The molecule has 1 aliphatic rings. The summed E-state index contributed by atoms with van der Waals surface area (Å²) in [7, 11) is 0. The minimum absolute atomic E-state index is 0.00713. The van der Waals surface area contributed by atoms with Crippen molar-refractivity contribution in [2.45, 2.75) is 26.7 Å². The van der Waals surface area contributed by atoms with Gasteiger partial charge in [0.25, 0.3) is 0 Å². The number of amides is 1. The quantitative estimate of drug-likeness (QED) is 0.750. The number of Topliss-reactive ketones (excluding diaryl/α,β-unsaturated/α-hetero) is 1. The molecule has 1 saturated heterocycles. The van der Waals surface area contributed by atoms with E-state index < -0.39 is 0 Å². The summed E-state index contributed by atoms with van der Waals surface area (Å²) in [5.41, 5.74) is 0. The molecule has 1 rings (SSSR count). The van der Waals surface area contributed by atoms with Crippen molar-refractivity contribution >= 4 is 11.7 Å². The number of ketones is 1. The highest BCUT2D eigenvalue weighted by molar-refractivity contribution is 5.87. The summed E-state index contributed by atoms with van der Waals surface area (Å²) in [4.78, 5) is 22.9. The van der Waals surface area contributed by atoms with Gasteiger partial charge in [-0.1, -0.05) is 13.8 Å². The van der Waals surface area contributed by atoms with E-state index in [9.17, 15) is 9.59 Å². The highest BCUT2D eigenvalue weighted by Gasteiger charge is 2.21. The molecule has 4 nitrogen and oxygen atoms in total. The lowest BCUT2D eigenvalue weighted by Crippen LogP contribution is -2.38. The third-order valence-corrected chi connectivity index (χ3v) is 2.67. The molecule has 1 fully saturated rings. The van der Waals surface area contributed by atoms with Crippen molar-refractivity contribution in [3.8, 4) is 0 Å². The number of carbonyl (C=O) groups excluding carboxylic acids is 2. The number of rotatable bonds is 4. The van der Waals surface area contributed by atoms with Gasteiger partial charge < -0.3 is 10.1 Å². The van der Waals surface area contributed by atoms with E-state index in [2.05, 4.69) is 5.32 Å². The predicted octanol–water partition coefficient (Wildman–Crippen LogP) is 0.754. The number of hydrogen-bond donors (Lipinski definition) is 1. The van der Waals surface area contributed by atoms with E-state index in [1.807, 2.05) is 13.8 Å². The van der Waals surface area contributed by atoms with E-state index in [4.69, 9.17) is 4.74 Å². The molecule has 1 amide bonds. The topological polar surface area (TPSA) is 55.4 Å². The Labute approximate surface area is 90.4 Å². The Morgan fingerprint density at radius 2 is 1.93 bits per heavy atom. The molecule has 1 N–H and O–H groups in total. The molecular formula is C11H19NO3. The van der Waals surface area contributed by atoms with Gasteiger partial charge in [0.1, 0.15) is 0 Å². The van der Waals surface area contributed by atoms with Gasteiger partial charge in [0.05, 0.1) is 6.54 Å². The van der Waals surface area contributed by atoms with Crippen molar-refractivity contribution in [1.82, 2.24) is 5.32 Å². The zero-order valence-electron chi connectivity index (χ0n) is 9.41. The van der Waals surface area contributed by atoms with Crippen LogP contribution >= 0.6 is 0 Å². The van der Waals surface area contributed by atoms with Crippen LogP contribution in [0.5, 0.6) is 0 Å². The number of ether oxygens (including phenoxy) is 1. The van der Waals surface area contributed by atoms with Crippen LogP contribution < -0.4 is 5.32 Å². The Morgan fingerprint density at radius 1 is 1.33 bits per heavy atom. The monoisotopic (exact) mass is 213 g/mol. The van der Waals surface area contributed by atoms with Crippen LogP contribution in [0.4, 0.5) is 0 Å². The molecule has 0 atom stereocenters. The molecule has 0 aromatic heterocycles. The third kappa shape index (κ3) is 4.00. The maximum Gasteiger partial charge on any atom is 0.223 e. The summed E-state index contributed by atoms with van der Waals surface area (Å²) in [6.07, 6.45) is 1.53. The standard InChI is InChI=1S/C11H19NO3/c1-8(2)10(13)7-12-11(14)9-3-5-15-6-4-9/h8-9H,3-7H2,1-2H3,(H,12,14). The molecule has 86 valence electrons. The molecule has 0 unspecified atom stereocenters. The van der Waals surface area contributed by atoms with Gasteiger partial charge in [-0.15, -0.1) is 0 Å². The Hall–Kier alpha value is -0.900. The molecule has 1 aliphatic heterocycles. The summed E-state index contributed by atoms with van der Waals surface area (Å²) in [6, 6.07) is 0. The number of nitrogens with one attached hydrogen (secondary N) is 1. The minimum Gasteiger partial charge on any atom is -0.381 e. The smallest absolute Gasteiger partial charge is 0.223 e. The first-order valence-corrected chi connectivity index (χ1v) is 5.49. The lowest BCUT2D eigenvalue weighted by molar-refractivity contribution is -0.130. The fourth-order valence-corrected chi connectivity index (χ4v) is 1.48. The van der Waals surface area contributed by atoms with E-state index >= 15 is 0 Å². The van der Waals surface area contributed by atoms with Crippen LogP contribution in [0, 0.1) is 11.8 Å². The number of hydrogen-bond acceptors (Lipinski definition) is 3. The van der Waals surface area contributed by atoms with Crippen molar-refractivity contribution in [3.05, 3.63) is 0 Å².